The predicted molar refractivity (Wildman–Crippen MR) is 86.5 cm³/mol. The second-order valence-corrected chi connectivity index (χ2v) is 6.46. The van der Waals surface area contributed by atoms with Gasteiger partial charge in [-0.15, -0.1) is 0 Å². The van der Waals surface area contributed by atoms with Crippen molar-refractivity contribution in [2.75, 3.05) is 26.8 Å². The summed E-state index contributed by atoms with van der Waals surface area (Å²) in [6, 6.07) is 6.11. The smallest absolute Gasteiger partial charge is 0.475 e. The molecule has 1 atom stereocenters. The normalized spacial score (nSPS) is 22.7. The number of aromatic nitrogens is 1. The highest BCUT2D eigenvalue weighted by atomic mass is 19.4. The quantitative estimate of drug-likeness (QED) is 0.874. The van der Waals surface area contributed by atoms with Crippen LogP contribution in [0.5, 0.6) is 0 Å². The van der Waals surface area contributed by atoms with Gasteiger partial charge in [-0.25, -0.2) is 4.79 Å². The molecule has 0 saturated carbocycles. The van der Waals surface area contributed by atoms with Crippen LogP contribution in [0.1, 0.15) is 25.0 Å². The molecule has 0 bridgehead atoms. The highest BCUT2D eigenvalue weighted by molar-refractivity contribution is 5.73. The topological polar surface area (TPSA) is 71.9 Å². The van der Waals surface area contributed by atoms with Gasteiger partial charge in [-0.1, -0.05) is 6.07 Å². The van der Waals surface area contributed by atoms with Crippen molar-refractivity contribution in [3.63, 3.8) is 0 Å². The summed E-state index contributed by atoms with van der Waals surface area (Å²) in [6.45, 7) is 3.89. The number of methoxy groups -OCH3 is 1. The molecule has 0 aromatic carbocycles. The van der Waals surface area contributed by atoms with Gasteiger partial charge in [0.2, 0.25) is 0 Å². The fraction of sp³-hybridized carbons (Fsp3) is 0.647. The van der Waals surface area contributed by atoms with Crippen LogP contribution >= 0.6 is 0 Å². The van der Waals surface area contributed by atoms with Crippen LogP contribution in [0.25, 0.3) is 0 Å². The monoisotopic (exact) mass is 376 g/mol. The standard InChI is InChI=1S/C15H22N2O2.C2HF3O2/c1-18-14-10-15(19-12-14)5-8-17(9-6-15)11-13-4-2-3-7-16-13;3-2(4,5)1(6)7/h2-4,7,14H,5-6,8-12H2,1H3;(H,6,7). The molecule has 1 aromatic heterocycles. The molecule has 0 radical (unpaired) electrons. The van der Waals surface area contributed by atoms with Gasteiger partial charge in [0.15, 0.2) is 0 Å². The fourth-order valence-electron chi connectivity index (χ4n) is 3.14. The Kier molecular flexibility index (Phi) is 6.96. The first-order chi connectivity index (χ1) is 12.2. The van der Waals surface area contributed by atoms with Crippen molar-refractivity contribution in [2.24, 2.45) is 0 Å². The summed E-state index contributed by atoms with van der Waals surface area (Å²) >= 11 is 0. The first-order valence-electron chi connectivity index (χ1n) is 8.33. The number of hydrogen-bond donors (Lipinski definition) is 1. The number of rotatable bonds is 3. The summed E-state index contributed by atoms with van der Waals surface area (Å²) in [6.07, 6.45) is 0.354. The maximum atomic E-state index is 10.6. The Morgan fingerprint density at radius 3 is 2.54 bits per heavy atom. The fourth-order valence-corrected chi connectivity index (χ4v) is 3.14. The lowest BCUT2D eigenvalue weighted by atomic mass is 9.88. The van der Waals surface area contributed by atoms with Gasteiger partial charge in [0.05, 0.1) is 24.0 Å². The van der Waals surface area contributed by atoms with Gasteiger partial charge >= 0.3 is 12.1 Å². The number of carboxylic acid groups (broad SMARTS) is 1. The van der Waals surface area contributed by atoms with Crippen molar-refractivity contribution in [1.82, 2.24) is 9.88 Å². The molecular formula is C17H23F3N2O4. The second kappa shape index (κ2) is 8.79. The van der Waals surface area contributed by atoms with Gasteiger partial charge in [0, 0.05) is 39.4 Å². The molecule has 3 rings (SSSR count). The van der Waals surface area contributed by atoms with Crippen LogP contribution in [0.4, 0.5) is 13.2 Å². The second-order valence-electron chi connectivity index (χ2n) is 6.46. The Hall–Kier alpha value is -1.71. The Labute approximate surface area is 149 Å². The molecule has 1 unspecified atom stereocenters. The summed E-state index contributed by atoms with van der Waals surface area (Å²) in [5, 5.41) is 7.12. The molecule has 146 valence electrons. The van der Waals surface area contributed by atoms with Gasteiger partial charge in [0.1, 0.15) is 0 Å². The van der Waals surface area contributed by atoms with E-state index in [4.69, 9.17) is 19.4 Å². The molecule has 1 N–H and O–H groups in total. The summed E-state index contributed by atoms with van der Waals surface area (Å²) < 4.78 is 43.2. The molecule has 2 fully saturated rings. The number of ether oxygens (including phenoxy) is 2. The van der Waals surface area contributed by atoms with Gasteiger partial charge < -0.3 is 14.6 Å². The van der Waals surface area contributed by atoms with Crippen molar-refractivity contribution in [2.45, 2.75) is 43.7 Å². The van der Waals surface area contributed by atoms with Crippen molar-refractivity contribution >= 4 is 5.97 Å². The lowest BCUT2D eigenvalue weighted by molar-refractivity contribution is -0.192. The summed E-state index contributed by atoms with van der Waals surface area (Å²) in [5.41, 5.74) is 1.24. The minimum atomic E-state index is -5.08. The number of piperidine rings is 1. The zero-order valence-electron chi connectivity index (χ0n) is 14.5. The number of carboxylic acids is 1. The highest BCUT2D eigenvalue weighted by Crippen LogP contribution is 2.36. The van der Waals surface area contributed by atoms with E-state index in [1.54, 1.807) is 7.11 Å². The Morgan fingerprint density at radius 1 is 1.42 bits per heavy atom. The molecule has 26 heavy (non-hydrogen) atoms. The summed E-state index contributed by atoms with van der Waals surface area (Å²) in [7, 11) is 1.78. The van der Waals surface area contributed by atoms with Gasteiger partial charge in [-0.2, -0.15) is 13.2 Å². The third-order valence-electron chi connectivity index (χ3n) is 4.63. The molecule has 2 aliphatic rings. The van der Waals surface area contributed by atoms with Gasteiger partial charge in [-0.05, 0) is 25.0 Å². The average molecular weight is 376 g/mol. The minimum absolute atomic E-state index is 0.0846. The van der Waals surface area contributed by atoms with E-state index in [-0.39, 0.29) is 5.60 Å². The predicted octanol–water partition coefficient (Wildman–Crippen LogP) is 2.48. The van der Waals surface area contributed by atoms with E-state index < -0.39 is 12.1 Å². The molecule has 9 heteroatoms. The number of nitrogens with zero attached hydrogens (tertiary/aromatic N) is 2. The molecule has 2 saturated heterocycles. The van der Waals surface area contributed by atoms with E-state index in [9.17, 15) is 13.2 Å². The highest BCUT2D eigenvalue weighted by Gasteiger charge is 2.42. The van der Waals surface area contributed by atoms with Crippen LogP contribution < -0.4 is 0 Å². The number of alkyl halides is 3. The number of likely N-dealkylation sites (tertiary alicyclic amines) is 1. The first-order valence-corrected chi connectivity index (χ1v) is 8.33. The van der Waals surface area contributed by atoms with Crippen LogP contribution in [0.3, 0.4) is 0 Å². The number of hydrogen-bond acceptors (Lipinski definition) is 5. The third kappa shape index (κ3) is 5.93. The lowest BCUT2D eigenvalue weighted by Crippen LogP contribution is -2.44. The number of pyridine rings is 1. The number of carbonyl (C=O) groups is 1. The molecular weight excluding hydrogens is 353 g/mol. The summed E-state index contributed by atoms with van der Waals surface area (Å²) in [5.74, 6) is -2.76. The van der Waals surface area contributed by atoms with E-state index in [1.807, 2.05) is 12.3 Å². The van der Waals surface area contributed by atoms with Crippen LogP contribution in [-0.2, 0) is 20.8 Å². The molecule has 1 aromatic rings. The van der Waals surface area contributed by atoms with Crippen LogP contribution in [0.15, 0.2) is 24.4 Å². The maximum absolute atomic E-state index is 10.6. The Bertz CT molecular complexity index is 575. The van der Waals surface area contributed by atoms with Gasteiger partial charge in [0.25, 0.3) is 0 Å². The largest absolute Gasteiger partial charge is 0.490 e. The number of aliphatic carboxylic acids is 1. The molecule has 0 aliphatic carbocycles. The Morgan fingerprint density at radius 2 is 2.08 bits per heavy atom. The SMILES string of the molecule is COC1COC2(CCN(Cc3ccccn3)CC2)C1.O=C(O)C(F)(F)F. The maximum Gasteiger partial charge on any atom is 0.490 e. The number of halogens is 3. The summed E-state index contributed by atoms with van der Waals surface area (Å²) in [4.78, 5) is 15.8. The van der Waals surface area contributed by atoms with E-state index in [0.717, 1.165) is 51.2 Å². The van der Waals surface area contributed by atoms with E-state index in [1.165, 1.54) is 0 Å². The van der Waals surface area contributed by atoms with Crippen molar-refractivity contribution < 1.29 is 32.5 Å². The van der Waals surface area contributed by atoms with Crippen molar-refractivity contribution in [3.05, 3.63) is 30.1 Å². The molecule has 1 spiro atoms. The molecule has 3 heterocycles. The van der Waals surface area contributed by atoms with Crippen molar-refractivity contribution in [3.8, 4) is 0 Å². The van der Waals surface area contributed by atoms with Crippen LogP contribution in [-0.4, -0.2) is 65.6 Å². The van der Waals surface area contributed by atoms with E-state index >= 15 is 0 Å². The lowest BCUT2D eigenvalue weighted by Gasteiger charge is -2.38. The first kappa shape index (κ1) is 20.6. The minimum Gasteiger partial charge on any atom is -0.475 e. The van der Waals surface area contributed by atoms with Crippen molar-refractivity contribution in [1.29, 1.82) is 0 Å². The average Bonchev–Trinajstić information content (AvgIpc) is 3.01. The van der Waals surface area contributed by atoms with Gasteiger partial charge in [-0.3, -0.25) is 9.88 Å². The van der Waals surface area contributed by atoms with E-state index in [2.05, 4.69) is 22.0 Å². The third-order valence-corrected chi connectivity index (χ3v) is 4.63. The molecule has 0 amide bonds. The zero-order chi connectivity index (χ0) is 19.2. The van der Waals surface area contributed by atoms with Crippen LogP contribution in [0, 0.1) is 0 Å². The zero-order valence-corrected chi connectivity index (χ0v) is 14.5. The molecule has 6 nitrogen and oxygen atoms in total. The Balaban J connectivity index is 0.000000298. The molecule has 2 aliphatic heterocycles. The van der Waals surface area contributed by atoms with Crippen LogP contribution in [0.2, 0.25) is 0 Å². The van der Waals surface area contributed by atoms with E-state index in [0.29, 0.717) is 6.10 Å².